The number of methoxy groups -OCH3 is 3. The number of nitrogens with two attached hydrogens (primary N) is 1. The summed E-state index contributed by atoms with van der Waals surface area (Å²) in [5.41, 5.74) is 6.34. The SMILES string of the molecule is COc1cc(C(=O)c2cc(-c3ccc(C(F)(F)F)cc3)sc2N)cc(OC)c1OC. The quantitative estimate of drug-likeness (QED) is 0.532. The van der Waals surface area contributed by atoms with E-state index in [1.807, 2.05) is 0 Å². The lowest BCUT2D eigenvalue weighted by atomic mass is 10.0. The fraction of sp³-hybridized carbons (Fsp3) is 0.190. The number of benzene rings is 2. The molecule has 30 heavy (non-hydrogen) atoms. The molecule has 0 saturated carbocycles. The monoisotopic (exact) mass is 437 g/mol. The van der Waals surface area contributed by atoms with Crippen LogP contribution in [0.2, 0.25) is 0 Å². The van der Waals surface area contributed by atoms with Crippen molar-refractivity contribution < 1.29 is 32.2 Å². The van der Waals surface area contributed by atoms with Crippen LogP contribution in [0.4, 0.5) is 18.2 Å². The molecule has 9 heteroatoms. The van der Waals surface area contributed by atoms with Gasteiger partial charge in [-0.05, 0) is 35.9 Å². The van der Waals surface area contributed by atoms with E-state index >= 15 is 0 Å². The van der Waals surface area contributed by atoms with Crippen molar-refractivity contribution in [3.8, 4) is 27.7 Å². The highest BCUT2D eigenvalue weighted by molar-refractivity contribution is 7.19. The summed E-state index contributed by atoms with van der Waals surface area (Å²) in [6.07, 6.45) is -4.42. The summed E-state index contributed by atoms with van der Waals surface area (Å²) in [6, 6.07) is 9.27. The second kappa shape index (κ2) is 8.27. The molecule has 0 radical (unpaired) electrons. The van der Waals surface area contributed by atoms with Crippen molar-refractivity contribution in [1.82, 2.24) is 0 Å². The molecule has 1 aromatic heterocycles. The Morgan fingerprint density at radius 3 is 1.97 bits per heavy atom. The predicted molar refractivity (Wildman–Crippen MR) is 109 cm³/mol. The first-order chi connectivity index (χ1) is 14.2. The Hall–Kier alpha value is -3.20. The van der Waals surface area contributed by atoms with E-state index in [-0.39, 0.29) is 21.9 Å². The van der Waals surface area contributed by atoms with Crippen LogP contribution in [-0.2, 0) is 6.18 Å². The zero-order chi connectivity index (χ0) is 22.1. The molecule has 0 atom stereocenters. The van der Waals surface area contributed by atoms with Crippen LogP contribution >= 0.6 is 11.3 Å². The average Bonchev–Trinajstić information content (AvgIpc) is 3.13. The Labute approximate surface area is 174 Å². The second-order valence-corrected chi connectivity index (χ2v) is 7.29. The molecule has 5 nitrogen and oxygen atoms in total. The van der Waals surface area contributed by atoms with Crippen molar-refractivity contribution >= 4 is 22.1 Å². The Morgan fingerprint density at radius 1 is 0.933 bits per heavy atom. The highest BCUT2D eigenvalue weighted by atomic mass is 32.1. The summed E-state index contributed by atoms with van der Waals surface area (Å²) in [5, 5.41) is 0.253. The smallest absolute Gasteiger partial charge is 0.416 e. The zero-order valence-electron chi connectivity index (χ0n) is 16.3. The molecule has 0 spiro atoms. The minimum atomic E-state index is -4.42. The normalized spacial score (nSPS) is 11.3. The lowest BCUT2D eigenvalue weighted by molar-refractivity contribution is -0.137. The van der Waals surface area contributed by atoms with Gasteiger partial charge in [-0.3, -0.25) is 4.79 Å². The molecule has 3 aromatic rings. The van der Waals surface area contributed by atoms with Crippen LogP contribution < -0.4 is 19.9 Å². The van der Waals surface area contributed by atoms with Crippen molar-refractivity contribution in [2.75, 3.05) is 27.1 Å². The third kappa shape index (κ3) is 4.06. The van der Waals surface area contributed by atoms with E-state index in [9.17, 15) is 18.0 Å². The molecule has 0 aliphatic carbocycles. The third-order valence-electron chi connectivity index (χ3n) is 4.43. The topological polar surface area (TPSA) is 70.8 Å². The number of alkyl halides is 3. The molecule has 3 rings (SSSR count). The van der Waals surface area contributed by atoms with Crippen molar-refractivity contribution in [1.29, 1.82) is 0 Å². The van der Waals surface area contributed by atoms with Gasteiger partial charge in [0.25, 0.3) is 0 Å². The van der Waals surface area contributed by atoms with Crippen molar-refractivity contribution in [3.05, 3.63) is 59.2 Å². The number of ketones is 1. The highest BCUT2D eigenvalue weighted by Crippen LogP contribution is 2.41. The number of ether oxygens (including phenoxy) is 3. The first kappa shape index (κ1) is 21.5. The molecule has 0 saturated heterocycles. The first-order valence-electron chi connectivity index (χ1n) is 8.61. The van der Waals surface area contributed by atoms with Crippen molar-refractivity contribution in [2.45, 2.75) is 6.18 Å². The van der Waals surface area contributed by atoms with Crippen LogP contribution in [0.5, 0.6) is 17.2 Å². The van der Waals surface area contributed by atoms with Crippen LogP contribution in [0.3, 0.4) is 0 Å². The van der Waals surface area contributed by atoms with Gasteiger partial charge in [0, 0.05) is 10.4 Å². The van der Waals surface area contributed by atoms with Crippen molar-refractivity contribution in [3.63, 3.8) is 0 Å². The van der Waals surface area contributed by atoms with Gasteiger partial charge in [-0.25, -0.2) is 0 Å². The molecule has 0 fully saturated rings. The van der Waals surface area contributed by atoms with Crippen LogP contribution in [0, 0.1) is 0 Å². The van der Waals surface area contributed by atoms with E-state index in [4.69, 9.17) is 19.9 Å². The van der Waals surface area contributed by atoms with Gasteiger partial charge in [0.2, 0.25) is 5.75 Å². The maximum Gasteiger partial charge on any atom is 0.416 e. The highest BCUT2D eigenvalue weighted by Gasteiger charge is 2.30. The van der Waals surface area contributed by atoms with Gasteiger partial charge in [0.15, 0.2) is 17.3 Å². The van der Waals surface area contributed by atoms with E-state index < -0.39 is 11.7 Å². The molecule has 0 aliphatic rings. The number of nitrogen functional groups attached to an aromatic ring is 1. The number of carbonyl (C=O) groups is 1. The van der Waals surface area contributed by atoms with Gasteiger partial charge < -0.3 is 19.9 Å². The molecule has 0 unspecified atom stereocenters. The van der Waals surface area contributed by atoms with E-state index in [0.29, 0.717) is 27.7 Å². The summed E-state index contributed by atoms with van der Waals surface area (Å²) in [7, 11) is 4.33. The molecule has 0 aliphatic heterocycles. The van der Waals surface area contributed by atoms with Crippen molar-refractivity contribution in [2.24, 2.45) is 0 Å². The standard InChI is InChI=1S/C21H18F3NO4S/c1-27-15-8-12(9-16(28-2)19(15)29-3)18(26)14-10-17(30-20(14)25)11-4-6-13(7-5-11)21(22,23)24/h4-10H,25H2,1-3H3. The molecular weight excluding hydrogens is 419 g/mol. The zero-order valence-corrected chi connectivity index (χ0v) is 17.1. The number of anilines is 1. The van der Waals surface area contributed by atoms with E-state index in [0.717, 1.165) is 23.5 Å². The Bertz CT molecular complexity index is 1050. The minimum absolute atomic E-state index is 0.240. The Kier molecular flexibility index (Phi) is 5.93. The molecule has 1 heterocycles. The maximum absolute atomic E-state index is 13.1. The Balaban J connectivity index is 1.98. The molecule has 2 aromatic carbocycles. The number of halogens is 3. The van der Waals surface area contributed by atoms with E-state index in [1.165, 1.54) is 45.6 Å². The summed E-state index contributed by atoms with van der Waals surface area (Å²) < 4.78 is 54.1. The number of hydrogen-bond donors (Lipinski definition) is 1. The van der Waals surface area contributed by atoms with Crippen LogP contribution in [0.15, 0.2) is 42.5 Å². The maximum atomic E-state index is 13.1. The van der Waals surface area contributed by atoms with Gasteiger partial charge in [-0.15, -0.1) is 11.3 Å². The molecular formula is C21H18F3NO4S. The summed E-state index contributed by atoms with van der Waals surface area (Å²) >= 11 is 1.12. The average molecular weight is 437 g/mol. The third-order valence-corrected chi connectivity index (χ3v) is 5.44. The summed E-state index contributed by atoms with van der Waals surface area (Å²) in [5.74, 6) is 0.607. The Morgan fingerprint density at radius 2 is 1.50 bits per heavy atom. The van der Waals surface area contributed by atoms with Crippen LogP contribution in [-0.4, -0.2) is 27.1 Å². The lowest BCUT2D eigenvalue weighted by Gasteiger charge is -2.13. The fourth-order valence-corrected chi connectivity index (χ4v) is 3.85. The van der Waals surface area contributed by atoms with E-state index in [2.05, 4.69) is 0 Å². The number of hydrogen-bond acceptors (Lipinski definition) is 6. The lowest BCUT2D eigenvalue weighted by Crippen LogP contribution is -2.05. The van der Waals surface area contributed by atoms with Crippen LogP contribution in [0.25, 0.3) is 10.4 Å². The molecule has 0 amide bonds. The van der Waals surface area contributed by atoms with Gasteiger partial charge in [0.1, 0.15) is 0 Å². The number of thiophene rings is 1. The predicted octanol–water partition coefficient (Wildman–Crippen LogP) is 5.27. The molecule has 158 valence electrons. The number of rotatable bonds is 6. The minimum Gasteiger partial charge on any atom is -0.493 e. The molecule has 0 bridgehead atoms. The first-order valence-corrected chi connectivity index (χ1v) is 9.43. The number of carbonyl (C=O) groups excluding carboxylic acids is 1. The molecule has 2 N–H and O–H groups in total. The fourth-order valence-electron chi connectivity index (χ4n) is 2.92. The van der Waals surface area contributed by atoms with Gasteiger partial charge in [0.05, 0.1) is 37.5 Å². The largest absolute Gasteiger partial charge is 0.493 e. The van der Waals surface area contributed by atoms with E-state index in [1.54, 1.807) is 6.07 Å². The summed E-state index contributed by atoms with van der Waals surface area (Å²) in [4.78, 5) is 13.6. The van der Waals surface area contributed by atoms with Gasteiger partial charge in [-0.2, -0.15) is 13.2 Å². The van der Waals surface area contributed by atoms with Crippen LogP contribution in [0.1, 0.15) is 21.5 Å². The van der Waals surface area contributed by atoms with Gasteiger partial charge in [-0.1, -0.05) is 12.1 Å². The summed E-state index contributed by atoms with van der Waals surface area (Å²) in [6.45, 7) is 0. The second-order valence-electron chi connectivity index (χ2n) is 6.21. The van der Waals surface area contributed by atoms with Gasteiger partial charge >= 0.3 is 6.18 Å².